The summed E-state index contributed by atoms with van der Waals surface area (Å²) in [5, 5.41) is 0.611. The molecular weight excluding hydrogens is 340 g/mol. The van der Waals surface area contributed by atoms with Crippen LogP contribution in [0, 0.1) is 0 Å². The fourth-order valence-electron chi connectivity index (χ4n) is 2.41. The van der Waals surface area contributed by atoms with Gasteiger partial charge < -0.3 is 4.74 Å². The molecule has 0 aromatic heterocycles. The number of para-hydroxylation sites is 1. The Morgan fingerprint density at radius 2 is 2.10 bits per heavy atom. The maximum atomic E-state index is 12.5. The molecule has 1 aliphatic rings. The average molecular weight is 352 g/mol. The molecule has 20 heavy (non-hydrogen) atoms. The molecule has 0 bridgehead atoms. The van der Waals surface area contributed by atoms with Crippen molar-refractivity contribution in [1.82, 2.24) is 0 Å². The molecule has 3 rings (SSSR count). The van der Waals surface area contributed by atoms with E-state index in [-0.39, 0.29) is 11.7 Å². The molecule has 0 N–H and O–H groups in total. The quantitative estimate of drug-likeness (QED) is 0.820. The summed E-state index contributed by atoms with van der Waals surface area (Å²) in [6.07, 6.45) is 0.328. The molecule has 0 saturated heterocycles. The van der Waals surface area contributed by atoms with Crippen LogP contribution in [0.15, 0.2) is 46.9 Å². The van der Waals surface area contributed by atoms with Gasteiger partial charge in [0.25, 0.3) is 0 Å². The second-order valence-corrected chi connectivity index (χ2v) is 6.10. The Bertz CT molecular complexity index is 669. The molecule has 1 atom stereocenters. The van der Waals surface area contributed by atoms with Crippen LogP contribution >= 0.6 is 27.5 Å². The van der Waals surface area contributed by atoms with Crippen LogP contribution in [-0.4, -0.2) is 12.4 Å². The highest BCUT2D eigenvalue weighted by Gasteiger charge is 2.29. The monoisotopic (exact) mass is 350 g/mol. The zero-order valence-electron chi connectivity index (χ0n) is 10.6. The summed E-state index contributed by atoms with van der Waals surface area (Å²) < 4.78 is 6.47. The summed E-state index contributed by atoms with van der Waals surface area (Å²) in [5.74, 6) is 0.762. The third-order valence-electron chi connectivity index (χ3n) is 3.47. The van der Waals surface area contributed by atoms with Gasteiger partial charge in [-0.1, -0.05) is 51.8 Å². The number of ether oxygens (including phenoxy) is 1. The van der Waals surface area contributed by atoms with Gasteiger partial charge in [-0.25, -0.2) is 0 Å². The lowest BCUT2D eigenvalue weighted by Crippen LogP contribution is -2.16. The number of ketones is 1. The zero-order valence-corrected chi connectivity index (χ0v) is 12.9. The Morgan fingerprint density at radius 3 is 2.90 bits per heavy atom. The standard InChI is InChI=1S/C16H12BrClO2/c17-11-6-5-10(14(18)8-11)7-15(19)13-9-20-16-4-2-1-3-12(13)16/h1-6,8,13H,7,9H2. The van der Waals surface area contributed by atoms with Gasteiger partial charge in [-0.2, -0.15) is 0 Å². The molecule has 0 aliphatic carbocycles. The van der Waals surface area contributed by atoms with E-state index in [0.29, 0.717) is 18.1 Å². The van der Waals surface area contributed by atoms with Crippen molar-refractivity contribution >= 4 is 33.3 Å². The fourth-order valence-corrected chi connectivity index (χ4v) is 3.15. The topological polar surface area (TPSA) is 26.3 Å². The van der Waals surface area contributed by atoms with Gasteiger partial charge in [0.05, 0.1) is 5.92 Å². The Morgan fingerprint density at radius 1 is 1.30 bits per heavy atom. The van der Waals surface area contributed by atoms with Gasteiger partial charge in [0, 0.05) is 21.5 Å². The maximum absolute atomic E-state index is 12.5. The van der Waals surface area contributed by atoms with Gasteiger partial charge in [0.15, 0.2) is 0 Å². The van der Waals surface area contributed by atoms with Crippen molar-refractivity contribution in [3.05, 3.63) is 63.1 Å². The smallest absolute Gasteiger partial charge is 0.148 e. The third kappa shape index (κ3) is 2.60. The van der Waals surface area contributed by atoms with Crippen LogP contribution in [0.5, 0.6) is 5.75 Å². The van der Waals surface area contributed by atoms with E-state index in [1.807, 2.05) is 42.5 Å². The molecule has 4 heteroatoms. The molecule has 2 aromatic carbocycles. The predicted molar refractivity (Wildman–Crippen MR) is 82.5 cm³/mol. The van der Waals surface area contributed by atoms with E-state index < -0.39 is 0 Å². The molecule has 0 fully saturated rings. The van der Waals surface area contributed by atoms with Gasteiger partial charge in [0.1, 0.15) is 18.1 Å². The molecule has 0 radical (unpaired) electrons. The van der Waals surface area contributed by atoms with Crippen molar-refractivity contribution in [2.45, 2.75) is 12.3 Å². The number of fused-ring (bicyclic) bond motifs is 1. The molecule has 1 heterocycles. The summed E-state index contributed by atoms with van der Waals surface area (Å²) in [6.45, 7) is 0.423. The number of rotatable bonds is 3. The largest absolute Gasteiger partial charge is 0.492 e. The number of Topliss-reactive ketones (excluding diaryl/α,β-unsaturated/α-hetero) is 1. The summed E-state index contributed by atoms with van der Waals surface area (Å²) in [4.78, 5) is 12.5. The van der Waals surface area contributed by atoms with E-state index in [0.717, 1.165) is 21.3 Å². The van der Waals surface area contributed by atoms with Crippen LogP contribution in [0.4, 0.5) is 0 Å². The van der Waals surface area contributed by atoms with Gasteiger partial charge in [-0.15, -0.1) is 0 Å². The second kappa shape index (κ2) is 5.58. The number of hydrogen-bond donors (Lipinski definition) is 0. The molecule has 0 spiro atoms. The minimum absolute atomic E-state index is 0.138. The van der Waals surface area contributed by atoms with Crippen molar-refractivity contribution < 1.29 is 9.53 Å². The van der Waals surface area contributed by atoms with E-state index in [4.69, 9.17) is 16.3 Å². The molecular formula is C16H12BrClO2. The summed E-state index contributed by atoms with van der Waals surface area (Å²) >= 11 is 9.53. The van der Waals surface area contributed by atoms with E-state index >= 15 is 0 Å². The lowest BCUT2D eigenvalue weighted by molar-refractivity contribution is -0.120. The molecule has 102 valence electrons. The normalized spacial score (nSPS) is 16.6. The Kier molecular flexibility index (Phi) is 3.81. The molecule has 0 saturated carbocycles. The fraction of sp³-hybridized carbons (Fsp3) is 0.188. The van der Waals surface area contributed by atoms with Crippen LogP contribution in [0.2, 0.25) is 5.02 Å². The summed E-state index contributed by atoms with van der Waals surface area (Å²) in [6, 6.07) is 13.3. The first-order valence-electron chi connectivity index (χ1n) is 6.33. The minimum atomic E-state index is -0.189. The van der Waals surface area contributed by atoms with E-state index in [2.05, 4.69) is 15.9 Å². The highest BCUT2D eigenvalue weighted by atomic mass is 79.9. The lowest BCUT2D eigenvalue weighted by Gasteiger charge is -2.09. The Balaban J connectivity index is 1.81. The lowest BCUT2D eigenvalue weighted by atomic mass is 9.93. The molecule has 0 amide bonds. The number of halogens is 2. The zero-order chi connectivity index (χ0) is 14.1. The first-order chi connectivity index (χ1) is 9.65. The number of benzene rings is 2. The molecule has 2 nitrogen and oxygen atoms in total. The second-order valence-electron chi connectivity index (χ2n) is 4.78. The summed E-state index contributed by atoms with van der Waals surface area (Å²) in [5.41, 5.74) is 1.83. The van der Waals surface area contributed by atoms with Gasteiger partial charge >= 0.3 is 0 Å². The molecule has 2 aromatic rings. The van der Waals surface area contributed by atoms with Crippen molar-refractivity contribution in [2.75, 3.05) is 6.61 Å². The van der Waals surface area contributed by atoms with Crippen LogP contribution < -0.4 is 4.74 Å². The van der Waals surface area contributed by atoms with E-state index in [1.54, 1.807) is 0 Å². The predicted octanol–water partition coefficient (Wildman–Crippen LogP) is 4.39. The summed E-state index contributed by atoms with van der Waals surface area (Å²) in [7, 11) is 0. The maximum Gasteiger partial charge on any atom is 0.148 e. The van der Waals surface area contributed by atoms with E-state index in [1.165, 1.54) is 0 Å². The third-order valence-corrected chi connectivity index (χ3v) is 4.31. The van der Waals surface area contributed by atoms with E-state index in [9.17, 15) is 4.79 Å². The highest BCUT2D eigenvalue weighted by Crippen LogP contribution is 2.35. The van der Waals surface area contributed by atoms with Crippen molar-refractivity contribution in [2.24, 2.45) is 0 Å². The van der Waals surface area contributed by atoms with Crippen LogP contribution in [0.1, 0.15) is 17.0 Å². The molecule has 1 unspecified atom stereocenters. The van der Waals surface area contributed by atoms with Gasteiger partial charge in [-0.3, -0.25) is 4.79 Å². The molecule has 1 aliphatic heterocycles. The van der Waals surface area contributed by atoms with Crippen molar-refractivity contribution in [3.8, 4) is 5.75 Å². The van der Waals surface area contributed by atoms with Crippen molar-refractivity contribution in [3.63, 3.8) is 0 Å². The highest BCUT2D eigenvalue weighted by molar-refractivity contribution is 9.10. The Hall–Kier alpha value is -1.32. The van der Waals surface area contributed by atoms with Crippen LogP contribution in [0.3, 0.4) is 0 Å². The SMILES string of the molecule is O=C(Cc1ccc(Br)cc1Cl)C1COc2ccccc21. The first-order valence-corrected chi connectivity index (χ1v) is 7.50. The first kappa shape index (κ1) is 13.7. The van der Waals surface area contributed by atoms with Crippen LogP contribution in [0.25, 0.3) is 0 Å². The van der Waals surface area contributed by atoms with Gasteiger partial charge in [0.2, 0.25) is 0 Å². The Labute approximate surface area is 130 Å². The minimum Gasteiger partial charge on any atom is -0.492 e. The number of hydrogen-bond acceptors (Lipinski definition) is 2. The number of carbonyl (C=O) groups excluding carboxylic acids is 1. The van der Waals surface area contributed by atoms with Crippen molar-refractivity contribution in [1.29, 1.82) is 0 Å². The van der Waals surface area contributed by atoms with Gasteiger partial charge in [-0.05, 0) is 23.8 Å². The van der Waals surface area contributed by atoms with Crippen LogP contribution in [-0.2, 0) is 11.2 Å². The number of carbonyl (C=O) groups is 1. The average Bonchev–Trinajstić information content (AvgIpc) is 2.86.